The van der Waals surface area contributed by atoms with Crippen molar-refractivity contribution in [2.45, 2.75) is 75.4 Å². The van der Waals surface area contributed by atoms with Crippen LogP contribution in [0.2, 0.25) is 0 Å². The van der Waals surface area contributed by atoms with Crippen LogP contribution in [0.15, 0.2) is 11.1 Å². The van der Waals surface area contributed by atoms with E-state index in [-0.39, 0.29) is 29.3 Å². The summed E-state index contributed by atoms with van der Waals surface area (Å²) < 4.78 is 27.8. The van der Waals surface area contributed by atoms with Crippen molar-refractivity contribution in [3.05, 3.63) is 10.9 Å². The molecular weight excluding hydrogens is 510 g/mol. The highest BCUT2D eigenvalue weighted by Gasteiger charge is 2.46. The average molecular weight is 544 g/mol. The molecule has 198 valence electrons. The van der Waals surface area contributed by atoms with Gasteiger partial charge in [-0.3, -0.25) is 0 Å². The van der Waals surface area contributed by atoms with Crippen LogP contribution >= 0.6 is 11.3 Å². The minimum atomic E-state index is -3.36. The van der Waals surface area contributed by atoms with Crippen molar-refractivity contribution < 1.29 is 8.42 Å². The summed E-state index contributed by atoms with van der Waals surface area (Å²) in [6.07, 6.45) is 3.67. The monoisotopic (exact) mass is 543 g/mol. The first-order chi connectivity index (χ1) is 17.7. The summed E-state index contributed by atoms with van der Waals surface area (Å²) in [5.41, 5.74) is 6.35. The Morgan fingerprint density at radius 2 is 1.95 bits per heavy atom. The zero-order valence-corrected chi connectivity index (χ0v) is 22.9. The van der Waals surface area contributed by atoms with Gasteiger partial charge in [0.05, 0.1) is 22.6 Å². The number of thiophene rings is 1. The first-order valence-electron chi connectivity index (χ1n) is 12.9. The van der Waals surface area contributed by atoms with Crippen molar-refractivity contribution in [2.24, 2.45) is 10.9 Å². The molecule has 2 aromatic rings. The number of aryl methyl sites for hydroxylation is 1. The SMILES string of the molecule is Cc1cc2c(N=C3CC(C)NN3)nc(N(C)C3C[C@@H]4CC(S(=O)(=O)N5CC(C#N)C5)C[C@H](C3)N4)nc2s1. The number of sulfonamides is 1. The molecule has 4 saturated heterocycles. The van der Waals surface area contributed by atoms with Gasteiger partial charge < -0.3 is 15.6 Å². The van der Waals surface area contributed by atoms with Gasteiger partial charge in [-0.15, -0.1) is 11.3 Å². The van der Waals surface area contributed by atoms with E-state index in [0.717, 1.165) is 35.3 Å². The normalized spacial score (nSPS) is 31.7. The molecule has 0 spiro atoms. The fourth-order valence-electron chi connectivity index (χ4n) is 6.00. The van der Waals surface area contributed by atoms with E-state index in [1.165, 1.54) is 9.18 Å². The van der Waals surface area contributed by atoms with Crippen LogP contribution in [0, 0.1) is 24.2 Å². The summed E-state index contributed by atoms with van der Waals surface area (Å²) in [5.74, 6) is 2.04. The van der Waals surface area contributed by atoms with Gasteiger partial charge in [-0.1, -0.05) is 0 Å². The molecule has 4 fully saturated rings. The first kappa shape index (κ1) is 24.9. The molecule has 0 aliphatic carbocycles. The van der Waals surface area contributed by atoms with Gasteiger partial charge in [0.15, 0.2) is 5.82 Å². The zero-order valence-electron chi connectivity index (χ0n) is 21.3. The molecule has 37 heavy (non-hydrogen) atoms. The van der Waals surface area contributed by atoms with Gasteiger partial charge in [0, 0.05) is 55.6 Å². The number of aromatic nitrogens is 2. The van der Waals surface area contributed by atoms with Crippen LogP contribution in [0.4, 0.5) is 11.8 Å². The van der Waals surface area contributed by atoms with E-state index in [2.05, 4.69) is 47.1 Å². The van der Waals surface area contributed by atoms with Gasteiger partial charge in [-0.2, -0.15) is 14.6 Å². The summed E-state index contributed by atoms with van der Waals surface area (Å²) >= 11 is 1.65. The smallest absolute Gasteiger partial charge is 0.228 e. The largest absolute Gasteiger partial charge is 0.341 e. The van der Waals surface area contributed by atoms with Crippen molar-refractivity contribution in [2.75, 3.05) is 25.0 Å². The molecule has 0 saturated carbocycles. The van der Waals surface area contributed by atoms with E-state index in [4.69, 9.17) is 20.2 Å². The second-order valence-electron chi connectivity index (χ2n) is 10.9. The molecule has 0 aromatic carbocycles. The first-order valence-corrected chi connectivity index (χ1v) is 15.3. The Kier molecular flexibility index (Phi) is 6.35. The molecular formula is C24H33N9O2S2. The minimum Gasteiger partial charge on any atom is -0.341 e. The fraction of sp³-hybridized carbons (Fsp3) is 0.667. The van der Waals surface area contributed by atoms with E-state index in [1.807, 2.05) is 7.05 Å². The summed E-state index contributed by atoms with van der Waals surface area (Å²) in [5, 5.41) is 13.3. The molecule has 11 nitrogen and oxygen atoms in total. The number of hydrazine groups is 1. The van der Waals surface area contributed by atoms with Crippen molar-refractivity contribution in [3.63, 3.8) is 0 Å². The number of piperidine rings is 2. The van der Waals surface area contributed by atoms with Gasteiger partial charge in [0.25, 0.3) is 0 Å². The lowest BCUT2D eigenvalue weighted by Gasteiger charge is -2.47. The highest BCUT2D eigenvalue weighted by Crippen LogP contribution is 2.37. The number of hydrogen-bond acceptors (Lipinski definition) is 10. The summed E-state index contributed by atoms with van der Waals surface area (Å²) in [7, 11) is -1.32. The Balaban J connectivity index is 1.20. The number of nitrogens with zero attached hydrogens (tertiary/aromatic N) is 6. The fourth-order valence-corrected chi connectivity index (χ4v) is 9.02. The number of fused-ring (bicyclic) bond motifs is 3. The Bertz CT molecular complexity index is 1360. The van der Waals surface area contributed by atoms with E-state index in [9.17, 15) is 8.42 Å². The third-order valence-electron chi connectivity index (χ3n) is 8.04. The van der Waals surface area contributed by atoms with Gasteiger partial charge in [0.1, 0.15) is 10.7 Å². The maximum atomic E-state index is 13.2. The molecule has 2 aromatic heterocycles. The maximum absolute atomic E-state index is 13.2. The average Bonchev–Trinajstić information content (AvgIpc) is 3.41. The lowest BCUT2D eigenvalue weighted by atomic mass is 9.83. The molecule has 3 N–H and O–H groups in total. The maximum Gasteiger partial charge on any atom is 0.228 e. The predicted molar refractivity (Wildman–Crippen MR) is 144 cm³/mol. The number of hydrogen-bond donors (Lipinski definition) is 3. The Morgan fingerprint density at radius 1 is 1.22 bits per heavy atom. The van der Waals surface area contributed by atoms with Crippen molar-refractivity contribution in [1.29, 1.82) is 5.26 Å². The zero-order chi connectivity index (χ0) is 25.9. The molecule has 5 atom stereocenters. The van der Waals surface area contributed by atoms with Gasteiger partial charge in [-0.25, -0.2) is 23.8 Å². The van der Waals surface area contributed by atoms with E-state index in [1.54, 1.807) is 11.3 Å². The van der Waals surface area contributed by atoms with Crippen LogP contribution < -0.4 is 21.1 Å². The third kappa shape index (κ3) is 4.70. The highest BCUT2D eigenvalue weighted by atomic mass is 32.2. The molecule has 0 radical (unpaired) electrons. The van der Waals surface area contributed by atoms with Gasteiger partial charge in [0.2, 0.25) is 16.0 Å². The number of anilines is 1. The Morgan fingerprint density at radius 3 is 2.59 bits per heavy atom. The number of aliphatic imine (C=N–C) groups is 1. The lowest BCUT2D eigenvalue weighted by Crippen LogP contribution is -2.61. The molecule has 13 heteroatoms. The highest BCUT2D eigenvalue weighted by molar-refractivity contribution is 7.89. The molecule has 6 rings (SSSR count). The molecule has 6 heterocycles. The van der Waals surface area contributed by atoms with Crippen LogP contribution in [-0.4, -0.2) is 78.1 Å². The van der Waals surface area contributed by atoms with Gasteiger partial charge >= 0.3 is 0 Å². The summed E-state index contributed by atoms with van der Waals surface area (Å²) in [4.78, 5) is 18.9. The molecule has 0 amide bonds. The van der Waals surface area contributed by atoms with Crippen molar-refractivity contribution in [1.82, 2.24) is 30.4 Å². The molecule has 2 bridgehead atoms. The second kappa shape index (κ2) is 9.43. The van der Waals surface area contributed by atoms with Crippen molar-refractivity contribution >= 4 is 49.2 Å². The van der Waals surface area contributed by atoms with E-state index in [0.29, 0.717) is 43.7 Å². The predicted octanol–water partition coefficient (Wildman–Crippen LogP) is 1.79. The van der Waals surface area contributed by atoms with Gasteiger partial charge in [-0.05, 0) is 45.6 Å². The number of rotatable bonds is 5. The van der Waals surface area contributed by atoms with Crippen molar-refractivity contribution in [3.8, 4) is 6.07 Å². The second-order valence-corrected chi connectivity index (χ2v) is 14.4. The molecule has 4 aliphatic rings. The van der Waals surface area contributed by atoms with Crippen LogP contribution in [0.3, 0.4) is 0 Å². The summed E-state index contributed by atoms with van der Waals surface area (Å²) in [6.45, 7) is 4.85. The van der Waals surface area contributed by atoms with Crippen LogP contribution in [0.25, 0.3) is 10.2 Å². The van der Waals surface area contributed by atoms with E-state index < -0.39 is 10.0 Å². The Hall–Kier alpha value is -2.37. The quantitative estimate of drug-likeness (QED) is 0.515. The van der Waals surface area contributed by atoms with E-state index >= 15 is 0 Å². The Labute approximate surface area is 221 Å². The van der Waals surface area contributed by atoms with Crippen LogP contribution in [0.1, 0.15) is 43.9 Å². The number of nitrogens with one attached hydrogen (secondary N) is 3. The number of nitriles is 1. The lowest BCUT2D eigenvalue weighted by molar-refractivity contribution is 0.204. The number of amidine groups is 1. The standard InChI is InChI=1S/C24H33N9O2S2/c1-13-4-21(31-30-13)27-22-20-5-14(2)36-23(20)29-24(28-22)32(3)18-6-16-8-19(9-17(7-18)26-16)37(34,35)33-11-15(10-25)12-33/h5,13,15-19,26,30H,4,6-9,11-12H2,1-3H3,(H,27,28,29,31)/t13?,16-,17+,18?,19?. The summed E-state index contributed by atoms with van der Waals surface area (Å²) in [6, 6.07) is 5.03. The van der Waals surface area contributed by atoms with Crippen LogP contribution in [0.5, 0.6) is 0 Å². The van der Waals surface area contributed by atoms with Crippen LogP contribution in [-0.2, 0) is 10.0 Å². The molecule has 3 unspecified atom stereocenters. The third-order valence-corrected chi connectivity index (χ3v) is 11.2. The topological polar surface area (TPSA) is 139 Å². The minimum absolute atomic E-state index is 0.121. The molecule has 4 aliphatic heterocycles.